The first-order chi connectivity index (χ1) is 6.53. The van der Waals surface area contributed by atoms with Crippen molar-refractivity contribution < 1.29 is 0 Å². The van der Waals surface area contributed by atoms with E-state index in [-0.39, 0.29) is 0 Å². The van der Waals surface area contributed by atoms with E-state index in [1.807, 2.05) is 0 Å². The van der Waals surface area contributed by atoms with Crippen molar-refractivity contribution in [3.05, 3.63) is 29.8 Å². The molecule has 0 aliphatic rings. The first kappa shape index (κ1) is 11.7. The second-order valence-electron chi connectivity index (χ2n) is 4.80. The van der Waals surface area contributed by atoms with Crippen LogP contribution in [0.25, 0.3) is 0 Å². The molecule has 1 aromatic carbocycles. The largest absolute Gasteiger partial charge is 0.179 e. The van der Waals surface area contributed by atoms with Crippen molar-refractivity contribution in [3.63, 3.8) is 0 Å². The Bertz CT molecular complexity index is 277. The molecule has 0 unspecified atom stereocenters. The first-order valence-electron chi connectivity index (χ1n) is 5.20. The standard InChI is InChI=1S/C12H19BS/c1-12(2,7-8-14)9-10-3-5-11(13)6-4-10/h3-6,14H,7-9,13H2,1-2H3. The third kappa shape index (κ3) is 3.79. The zero-order valence-electron chi connectivity index (χ0n) is 9.38. The lowest BCUT2D eigenvalue weighted by molar-refractivity contribution is 0.353. The van der Waals surface area contributed by atoms with Gasteiger partial charge in [0, 0.05) is 0 Å². The van der Waals surface area contributed by atoms with Gasteiger partial charge in [-0.2, -0.15) is 12.6 Å². The number of thiol groups is 1. The van der Waals surface area contributed by atoms with E-state index < -0.39 is 0 Å². The Morgan fingerprint density at radius 3 is 2.29 bits per heavy atom. The summed E-state index contributed by atoms with van der Waals surface area (Å²) in [6, 6.07) is 8.84. The Hall–Kier alpha value is -0.365. The fourth-order valence-electron chi connectivity index (χ4n) is 1.65. The molecule has 0 bridgehead atoms. The van der Waals surface area contributed by atoms with Crippen LogP contribution in [0.4, 0.5) is 0 Å². The van der Waals surface area contributed by atoms with Gasteiger partial charge in [0.2, 0.25) is 0 Å². The zero-order chi connectivity index (χ0) is 10.6. The van der Waals surface area contributed by atoms with E-state index in [1.165, 1.54) is 17.4 Å². The van der Waals surface area contributed by atoms with Gasteiger partial charge in [0.05, 0.1) is 0 Å². The van der Waals surface area contributed by atoms with Crippen LogP contribution in [-0.2, 0) is 6.42 Å². The zero-order valence-corrected chi connectivity index (χ0v) is 10.3. The van der Waals surface area contributed by atoms with Gasteiger partial charge in [-0.1, -0.05) is 43.6 Å². The molecule has 14 heavy (non-hydrogen) atoms. The molecule has 0 saturated heterocycles. The molecule has 0 nitrogen and oxygen atoms in total. The van der Waals surface area contributed by atoms with Crippen LogP contribution in [0.5, 0.6) is 0 Å². The summed E-state index contributed by atoms with van der Waals surface area (Å²) in [6.45, 7) is 4.62. The topological polar surface area (TPSA) is 0 Å². The van der Waals surface area contributed by atoms with E-state index in [0.717, 1.165) is 12.2 Å². The number of benzene rings is 1. The van der Waals surface area contributed by atoms with E-state index in [0.29, 0.717) is 5.41 Å². The quantitative estimate of drug-likeness (QED) is 0.564. The monoisotopic (exact) mass is 206 g/mol. The second kappa shape index (κ2) is 4.93. The maximum atomic E-state index is 4.30. The Labute approximate surface area is 93.9 Å². The maximum absolute atomic E-state index is 4.30. The van der Waals surface area contributed by atoms with Crippen LogP contribution in [0.1, 0.15) is 25.8 Å². The van der Waals surface area contributed by atoms with Crippen LogP contribution in [0, 0.1) is 5.41 Å². The van der Waals surface area contributed by atoms with Gasteiger partial charge in [-0.05, 0) is 29.6 Å². The second-order valence-corrected chi connectivity index (χ2v) is 5.25. The summed E-state index contributed by atoms with van der Waals surface area (Å²) in [5.74, 6) is 0.971. The average Bonchev–Trinajstić information content (AvgIpc) is 2.08. The molecule has 0 spiro atoms. The molecule has 0 radical (unpaired) electrons. The van der Waals surface area contributed by atoms with Crippen LogP contribution >= 0.6 is 12.6 Å². The van der Waals surface area contributed by atoms with Gasteiger partial charge >= 0.3 is 0 Å². The molecule has 76 valence electrons. The van der Waals surface area contributed by atoms with Crippen molar-refractivity contribution in [2.75, 3.05) is 5.75 Å². The van der Waals surface area contributed by atoms with E-state index in [9.17, 15) is 0 Å². The minimum atomic E-state index is 0.372. The maximum Gasteiger partial charge on any atom is 0.139 e. The van der Waals surface area contributed by atoms with E-state index in [1.54, 1.807) is 0 Å². The van der Waals surface area contributed by atoms with Crippen LogP contribution in [0.2, 0.25) is 0 Å². The molecule has 0 aliphatic heterocycles. The summed E-state index contributed by atoms with van der Waals surface area (Å²) in [5, 5.41) is 0. The van der Waals surface area contributed by atoms with Crippen molar-refractivity contribution >= 4 is 25.9 Å². The van der Waals surface area contributed by atoms with Crippen molar-refractivity contribution in [2.45, 2.75) is 26.7 Å². The summed E-state index contributed by atoms with van der Waals surface area (Å²) < 4.78 is 0. The molecule has 1 aromatic rings. The normalized spacial score (nSPS) is 11.6. The Kier molecular flexibility index (Phi) is 4.12. The molecule has 2 heteroatoms. The highest BCUT2D eigenvalue weighted by atomic mass is 32.1. The third-order valence-corrected chi connectivity index (χ3v) is 2.82. The SMILES string of the molecule is Bc1ccc(CC(C)(C)CCS)cc1. The molecule has 0 N–H and O–H groups in total. The van der Waals surface area contributed by atoms with Gasteiger partial charge in [-0.3, -0.25) is 0 Å². The molecule has 0 aromatic heterocycles. The smallest absolute Gasteiger partial charge is 0.139 e. The highest BCUT2D eigenvalue weighted by Gasteiger charge is 2.16. The molecular weight excluding hydrogens is 187 g/mol. The van der Waals surface area contributed by atoms with Crippen LogP contribution in [0.3, 0.4) is 0 Å². The summed E-state index contributed by atoms with van der Waals surface area (Å²) in [5.41, 5.74) is 3.14. The molecule has 0 heterocycles. The van der Waals surface area contributed by atoms with Crippen LogP contribution < -0.4 is 5.46 Å². The lowest BCUT2D eigenvalue weighted by Gasteiger charge is -2.23. The van der Waals surface area contributed by atoms with Gasteiger partial charge in [0.1, 0.15) is 7.85 Å². The molecule has 1 rings (SSSR count). The fourth-order valence-corrected chi connectivity index (χ4v) is 2.25. The van der Waals surface area contributed by atoms with Crippen LogP contribution in [0.15, 0.2) is 24.3 Å². The summed E-state index contributed by atoms with van der Waals surface area (Å²) in [4.78, 5) is 0. The summed E-state index contributed by atoms with van der Waals surface area (Å²) in [7, 11) is 2.13. The Morgan fingerprint density at radius 2 is 1.79 bits per heavy atom. The molecular formula is C12H19BS. The third-order valence-electron chi connectivity index (χ3n) is 2.59. The van der Waals surface area contributed by atoms with Crippen molar-refractivity contribution in [2.24, 2.45) is 5.41 Å². The lowest BCUT2D eigenvalue weighted by atomic mass is 9.82. The van der Waals surface area contributed by atoms with Crippen LogP contribution in [-0.4, -0.2) is 13.6 Å². The predicted octanol–water partition coefficient (Wildman–Crippen LogP) is 1.83. The van der Waals surface area contributed by atoms with Gasteiger partial charge in [0.25, 0.3) is 0 Å². The van der Waals surface area contributed by atoms with Gasteiger partial charge < -0.3 is 0 Å². The van der Waals surface area contributed by atoms with Gasteiger partial charge in [-0.15, -0.1) is 0 Å². The average molecular weight is 206 g/mol. The first-order valence-corrected chi connectivity index (χ1v) is 5.83. The highest BCUT2D eigenvalue weighted by Crippen LogP contribution is 2.25. The predicted molar refractivity (Wildman–Crippen MR) is 70.6 cm³/mol. The van der Waals surface area contributed by atoms with Gasteiger partial charge in [-0.25, -0.2) is 0 Å². The number of hydrogen-bond acceptors (Lipinski definition) is 1. The van der Waals surface area contributed by atoms with E-state index in [2.05, 4.69) is 58.6 Å². The molecule has 0 fully saturated rings. The summed E-state index contributed by atoms with van der Waals surface area (Å²) in [6.07, 6.45) is 2.32. The summed E-state index contributed by atoms with van der Waals surface area (Å²) >= 11 is 4.30. The fraction of sp³-hybridized carbons (Fsp3) is 0.500. The van der Waals surface area contributed by atoms with Crippen molar-refractivity contribution in [3.8, 4) is 0 Å². The highest BCUT2D eigenvalue weighted by molar-refractivity contribution is 7.80. The molecule has 0 amide bonds. The minimum absolute atomic E-state index is 0.372. The molecule has 0 saturated carbocycles. The molecule has 0 aliphatic carbocycles. The van der Waals surface area contributed by atoms with E-state index >= 15 is 0 Å². The van der Waals surface area contributed by atoms with Crippen molar-refractivity contribution in [1.29, 1.82) is 0 Å². The van der Waals surface area contributed by atoms with E-state index in [4.69, 9.17) is 0 Å². The van der Waals surface area contributed by atoms with Crippen molar-refractivity contribution in [1.82, 2.24) is 0 Å². The number of hydrogen-bond donors (Lipinski definition) is 1. The van der Waals surface area contributed by atoms with Gasteiger partial charge in [0.15, 0.2) is 0 Å². The number of rotatable bonds is 4. The Morgan fingerprint density at radius 1 is 1.21 bits per heavy atom. The minimum Gasteiger partial charge on any atom is -0.179 e. The molecule has 0 atom stereocenters. The lowest BCUT2D eigenvalue weighted by Crippen LogP contribution is -2.16. The Balaban J connectivity index is 2.64.